The molecule has 2 N–H and O–H groups in total. The average Bonchev–Trinajstić information content (AvgIpc) is 2.61. The van der Waals surface area contributed by atoms with Crippen LogP contribution in [0, 0.1) is 5.92 Å². The number of aryl methyl sites for hydroxylation is 1. The van der Waals surface area contributed by atoms with Gasteiger partial charge in [-0.25, -0.2) is 13.1 Å². The van der Waals surface area contributed by atoms with Crippen molar-refractivity contribution >= 4 is 15.9 Å². The first-order chi connectivity index (χ1) is 11.5. The van der Waals surface area contributed by atoms with Gasteiger partial charge in [-0.2, -0.15) is 0 Å². The van der Waals surface area contributed by atoms with E-state index in [1.54, 1.807) is 24.3 Å². The molecule has 1 amide bonds. The Labute approximate surface area is 144 Å². The second-order valence-electron chi connectivity index (χ2n) is 6.23. The number of nitrogens with zero attached hydrogens (tertiary/aromatic N) is 1. The van der Waals surface area contributed by atoms with Crippen LogP contribution in [-0.4, -0.2) is 53.0 Å². The van der Waals surface area contributed by atoms with Gasteiger partial charge in [-0.15, -0.1) is 0 Å². The van der Waals surface area contributed by atoms with Gasteiger partial charge in [0.25, 0.3) is 0 Å². The van der Waals surface area contributed by atoms with Gasteiger partial charge >= 0.3 is 0 Å². The van der Waals surface area contributed by atoms with E-state index in [1.807, 2.05) is 11.9 Å². The Bertz CT molecular complexity index is 636. The molecule has 0 aliphatic carbocycles. The Kier molecular flexibility index (Phi) is 6.77. The summed E-state index contributed by atoms with van der Waals surface area (Å²) in [5.74, 6) is 0.852. The standard InChI is InChI=1S/C17H27N3O3S/c1-18-13-15-9-11-20(12-10-15)17(21)8-5-14-3-6-16(7-4-14)24(22,23)19-2/h3-4,6-7,15,18-19H,5,8-13H2,1-2H3. The molecule has 1 fully saturated rings. The Morgan fingerprint density at radius 1 is 1.17 bits per heavy atom. The topological polar surface area (TPSA) is 78.5 Å². The van der Waals surface area contributed by atoms with E-state index in [-0.39, 0.29) is 10.8 Å². The lowest BCUT2D eigenvalue weighted by atomic mass is 9.96. The fourth-order valence-electron chi connectivity index (χ4n) is 3.04. The molecule has 0 unspecified atom stereocenters. The summed E-state index contributed by atoms with van der Waals surface area (Å²) in [7, 11) is -0.0503. The molecule has 1 saturated heterocycles. The average molecular weight is 353 g/mol. The van der Waals surface area contributed by atoms with Crippen molar-refractivity contribution in [3.63, 3.8) is 0 Å². The second-order valence-corrected chi connectivity index (χ2v) is 8.12. The molecule has 7 heteroatoms. The first-order valence-electron chi connectivity index (χ1n) is 8.41. The number of hydrogen-bond donors (Lipinski definition) is 2. The van der Waals surface area contributed by atoms with Gasteiger partial charge in [0.05, 0.1) is 4.90 Å². The number of sulfonamides is 1. The molecule has 6 nitrogen and oxygen atoms in total. The van der Waals surface area contributed by atoms with Crippen molar-refractivity contribution in [2.24, 2.45) is 5.92 Å². The number of amides is 1. The Balaban J connectivity index is 1.82. The van der Waals surface area contributed by atoms with Crippen LogP contribution in [0.5, 0.6) is 0 Å². The summed E-state index contributed by atoms with van der Waals surface area (Å²) in [6, 6.07) is 6.71. The van der Waals surface area contributed by atoms with E-state index in [0.717, 1.165) is 38.0 Å². The zero-order valence-electron chi connectivity index (χ0n) is 14.4. The summed E-state index contributed by atoms with van der Waals surface area (Å²) in [4.78, 5) is 14.5. The maximum absolute atomic E-state index is 12.3. The minimum absolute atomic E-state index is 0.185. The zero-order valence-corrected chi connectivity index (χ0v) is 15.2. The molecule has 134 valence electrons. The molecule has 0 bridgehead atoms. The molecule has 0 saturated carbocycles. The normalized spacial score (nSPS) is 16.3. The van der Waals surface area contributed by atoms with Crippen molar-refractivity contribution in [2.75, 3.05) is 33.7 Å². The van der Waals surface area contributed by atoms with Crippen LogP contribution in [0.3, 0.4) is 0 Å². The van der Waals surface area contributed by atoms with Gasteiger partial charge in [-0.05, 0) is 63.5 Å². The molecule has 1 aliphatic heterocycles. The van der Waals surface area contributed by atoms with Crippen LogP contribution >= 0.6 is 0 Å². The van der Waals surface area contributed by atoms with E-state index in [2.05, 4.69) is 10.0 Å². The lowest BCUT2D eigenvalue weighted by Gasteiger charge is -2.32. The summed E-state index contributed by atoms with van der Waals surface area (Å²) in [5, 5.41) is 3.20. The highest BCUT2D eigenvalue weighted by atomic mass is 32.2. The molecule has 0 spiro atoms. The number of rotatable bonds is 7. The van der Waals surface area contributed by atoms with E-state index >= 15 is 0 Å². The van der Waals surface area contributed by atoms with Gasteiger partial charge < -0.3 is 10.2 Å². The lowest BCUT2D eigenvalue weighted by molar-refractivity contribution is -0.132. The summed E-state index contributed by atoms with van der Waals surface area (Å²) >= 11 is 0. The monoisotopic (exact) mass is 353 g/mol. The quantitative estimate of drug-likeness (QED) is 0.766. The number of carbonyl (C=O) groups excluding carboxylic acids is 1. The third-order valence-corrected chi connectivity index (χ3v) is 6.02. The highest BCUT2D eigenvalue weighted by molar-refractivity contribution is 7.89. The number of carbonyl (C=O) groups is 1. The summed E-state index contributed by atoms with van der Waals surface area (Å²) in [5.41, 5.74) is 0.975. The highest BCUT2D eigenvalue weighted by Gasteiger charge is 2.22. The summed E-state index contributed by atoms with van der Waals surface area (Å²) in [6.45, 7) is 2.69. The third-order valence-electron chi connectivity index (χ3n) is 4.59. The van der Waals surface area contributed by atoms with E-state index in [9.17, 15) is 13.2 Å². The second kappa shape index (κ2) is 8.60. The molecule has 1 heterocycles. The molecule has 1 aliphatic rings. The van der Waals surface area contributed by atoms with E-state index < -0.39 is 10.0 Å². The van der Waals surface area contributed by atoms with Crippen LogP contribution in [0.25, 0.3) is 0 Å². The van der Waals surface area contributed by atoms with Crippen LogP contribution in [0.4, 0.5) is 0 Å². The number of nitrogens with one attached hydrogen (secondary N) is 2. The zero-order chi connectivity index (χ0) is 17.6. The number of benzene rings is 1. The highest BCUT2D eigenvalue weighted by Crippen LogP contribution is 2.18. The van der Waals surface area contributed by atoms with Gasteiger partial charge in [-0.3, -0.25) is 4.79 Å². The van der Waals surface area contributed by atoms with Gasteiger partial charge in [0.2, 0.25) is 15.9 Å². The Hall–Kier alpha value is -1.44. The third kappa shape index (κ3) is 5.03. The van der Waals surface area contributed by atoms with Crippen molar-refractivity contribution in [1.82, 2.24) is 14.9 Å². The SMILES string of the molecule is CNCC1CCN(C(=O)CCc2ccc(S(=O)(=O)NC)cc2)CC1. The van der Waals surface area contributed by atoms with Crippen molar-refractivity contribution in [3.05, 3.63) is 29.8 Å². The lowest BCUT2D eigenvalue weighted by Crippen LogP contribution is -2.40. The number of likely N-dealkylation sites (tertiary alicyclic amines) is 1. The van der Waals surface area contributed by atoms with Crippen LogP contribution in [0.2, 0.25) is 0 Å². The fraction of sp³-hybridized carbons (Fsp3) is 0.588. The maximum atomic E-state index is 12.3. The maximum Gasteiger partial charge on any atom is 0.240 e. The van der Waals surface area contributed by atoms with Gasteiger partial charge in [0, 0.05) is 19.5 Å². The van der Waals surface area contributed by atoms with Gasteiger partial charge in [0.1, 0.15) is 0 Å². The van der Waals surface area contributed by atoms with Crippen molar-refractivity contribution in [2.45, 2.75) is 30.6 Å². The molecule has 24 heavy (non-hydrogen) atoms. The molecule has 0 aromatic heterocycles. The van der Waals surface area contributed by atoms with E-state index in [0.29, 0.717) is 18.8 Å². The first-order valence-corrected chi connectivity index (χ1v) is 9.89. The predicted molar refractivity (Wildman–Crippen MR) is 94.2 cm³/mol. The molecular formula is C17H27N3O3S. The Morgan fingerprint density at radius 2 is 1.79 bits per heavy atom. The fourth-order valence-corrected chi connectivity index (χ4v) is 3.77. The van der Waals surface area contributed by atoms with Crippen LogP contribution in [0.15, 0.2) is 29.2 Å². The molecule has 0 radical (unpaired) electrons. The minimum Gasteiger partial charge on any atom is -0.343 e. The largest absolute Gasteiger partial charge is 0.343 e. The van der Waals surface area contributed by atoms with Gasteiger partial charge in [-0.1, -0.05) is 12.1 Å². The van der Waals surface area contributed by atoms with Crippen LogP contribution in [-0.2, 0) is 21.2 Å². The number of piperidine rings is 1. The van der Waals surface area contributed by atoms with Crippen molar-refractivity contribution in [1.29, 1.82) is 0 Å². The smallest absolute Gasteiger partial charge is 0.240 e. The number of hydrogen-bond acceptors (Lipinski definition) is 4. The molecule has 1 aromatic carbocycles. The van der Waals surface area contributed by atoms with Crippen LogP contribution < -0.4 is 10.0 Å². The summed E-state index contributed by atoms with van der Waals surface area (Å²) in [6.07, 6.45) is 3.22. The predicted octanol–water partition coefficient (Wildman–Crippen LogP) is 0.985. The molecular weight excluding hydrogens is 326 g/mol. The minimum atomic E-state index is -3.40. The molecule has 0 atom stereocenters. The van der Waals surface area contributed by atoms with Crippen LogP contribution in [0.1, 0.15) is 24.8 Å². The van der Waals surface area contributed by atoms with E-state index in [4.69, 9.17) is 0 Å². The van der Waals surface area contributed by atoms with Crippen molar-refractivity contribution in [3.8, 4) is 0 Å². The molecule has 2 rings (SSSR count). The van der Waals surface area contributed by atoms with Gasteiger partial charge in [0.15, 0.2) is 0 Å². The summed E-state index contributed by atoms with van der Waals surface area (Å²) < 4.78 is 25.7. The van der Waals surface area contributed by atoms with Crippen molar-refractivity contribution < 1.29 is 13.2 Å². The molecule has 1 aromatic rings. The van der Waals surface area contributed by atoms with E-state index in [1.165, 1.54) is 7.05 Å². The first kappa shape index (κ1) is 18.9. The Morgan fingerprint density at radius 3 is 2.33 bits per heavy atom.